The molecule has 1 heterocycles. The maximum Gasteiger partial charge on any atom is 0.290 e. The van der Waals surface area contributed by atoms with Crippen LogP contribution < -0.4 is 15.8 Å². The summed E-state index contributed by atoms with van der Waals surface area (Å²) in [6, 6.07) is 15.0. The number of ketones is 1. The number of rotatable bonds is 8. The molecule has 2 aromatic carbocycles. The number of aryl methyl sites for hydroxylation is 1. The van der Waals surface area contributed by atoms with Gasteiger partial charge in [0.15, 0.2) is 5.89 Å². The number of nitrogens with zero attached hydrogens (tertiary/aromatic N) is 1. The second kappa shape index (κ2) is 9.68. The van der Waals surface area contributed by atoms with Crippen molar-refractivity contribution >= 4 is 17.6 Å². The van der Waals surface area contributed by atoms with Crippen molar-refractivity contribution in [3.63, 3.8) is 0 Å². The van der Waals surface area contributed by atoms with Crippen molar-refractivity contribution in [2.45, 2.75) is 45.8 Å². The SMILES string of the molecule is Cc1nc(-c2ccccc2)c(C(=O)N[C@@H](Cc2ccc(OC(C)(C)C)cc2)C(=O)C(N)=O)o1. The van der Waals surface area contributed by atoms with E-state index in [-0.39, 0.29) is 17.8 Å². The molecule has 0 spiro atoms. The molecule has 3 aromatic rings. The normalized spacial score (nSPS) is 12.1. The number of oxazole rings is 1. The Bertz CT molecular complexity index is 1150. The minimum absolute atomic E-state index is 0.0464. The average molecular weight is 450 g/mol. The zero-order valence-corrected chi connectivity index (χ0v) is 19.0. The number of amides is 2. The van der Waals surface area contributed by atoms with Crippen molar-refractivity contribution < 1.29 is 23.5 Å². The minimum atomic E-state index is -1.17. The third-order valence-electron chi connectivity index (χ3n) is 4.64. The van der Waals surface area contributed by atoms with Crippen LogP contribution in [0.3, 0.4) is 0 Å². The minimum Gasteiger partial charge on any atom is -0.488 e. The number of primary amides is 1. The highest BCUT2D eigenvalue weighted by Crippen LogP contribution is 2.24. The van der Waals surface area contributed by atoms with Gasteiger partial charge < -0.3 is 20.2 Å². The molecule has 0 bridgehead atoms. The smallest absolute Gasteiger partial charge is 0.290 e. The molecule has 33 heavy (non-hydrogen) atoms. The lowest BCUT2D eigenvalue weighted by Gasteiger charge is -2.21. The summed E-state index contributed by atoms with van der Waals surface area (Å²) in [5.41, 5.74) is 6.62. The van der Waals surface area contributed by atoms with Gasteiger partial charge in [0.25, 0.3) is 11.8 Å². The number of aromatic nitrogens is 1. The quantitative estimate of drug-likeness (QED) is 0.509. The molecule has 0 aliphatic rings. The van der Waals surface area contributed by atoms with E-state index in [9.17, 15) is 14.4 Å². The summed E-state index contributed by atoms with van der Waals surface area (Å²) in [7, 11) is 0. The Balaban J connectivity index is 1.83. The van der Waals surface area contributed by atoms with Crippen molar-refractivity contribution in [2.24, 2.45) is 5.73 Å². The first kappa shape index (κ1) is 23.7. The molecule has 0 aliphatic heterocycles. The molecule has 172 valence electrons. The van der Waals surface area contributed by atoms with Crippen molar-refractivity contribution in [3.05, 3.63) is 71.8 Å². The molecule has 3 rings (SSSR count). The molecule has 0 saturated carbocycles. The third kappa shape index (κ3) is 6.29. The lowest BCUT2D eigenvalue weighted by Crippen LogP contribution is -2.47. The monoisotopic (exact) mass is 449 g/mol. The van der Waals surface area contributed by atoms with Crippen molar-refractivity contribution in [3.8, 4) is 17.0 Å². The van der Waals surface area contributed by atoms with Crippen LogP contribution in [0.1, 0.15) is 42.8 Å². The standard InChI is InChI=1S/C25H27N3O5/c1-15-27-20(17-8-6-5-7-9-17)22(32-15)24(31)28-19(21(29)23(26)30)14-16-10-12-18(13-11-16)33-25(2,3)4/h5-13,19H,14H2,1-4H3,(H2,26,30)(H,28,31)/t19-/m0/s1. The fourth-order valence-corrected chi connectivity index (χ4v) is 3.26. The average Bonchev–Trinajstić information content (AvgIpc) is 3.15. The van der Waals surface area contributed by atoms with Gasteiger partial charge in [-0.2, -0.15) is 0 Å². The van der Waals surface area contributed by atoms with E-state index in [4.69, 9.17) is 14.9 Å². The van der Waals surface area contributed by atoms with E-state index in [0.717, 1.165) is 0 Å². The van der Waals surface area contributed by atoms with Crippen LogP contribution in [0, 0.1) is 6.92 Å². The van der Waals surface area contributed by atoms with E-state index < -0.39 is 23.6 Å². The Morgan fingerprint density at radius 2 is 1.70 bits per heavy atom. The third-order valence-corrected chi connectivity index (χ3v) is 4.64. The molecule has 0 saturated heterocycles. The first-order valence-corrected chi connectivity index (χ1v) is 10.5. The van der Waals surface area contributed by atoms with E-state index in [1.165, 1.54) is 0 Å². The first-order chi connectivity index (χ1) is 15.5. The Kier molecular flexibility index (Phi) is 6.96. The zero-order chi connectivity index (χ0) is 24.2. The lowest BCUT2D eigenvalue weighted by molar-refractivity contribution is -0.137. The van der Waals surface area contributed by atoms with Crippen LogP contribution in [-0.2, 0) is 16.0 Å². The van der Waals surface area contributed by atoms with Crippen molar-refractivity contribution in [2.75, 3.05) is 0 Å². The highest BCUT2D eigenvalue weighted by Gasteiger charge is 2.29. The van der Waals surface area contributed by atoms with E-state index in [0.29, 0.717) is 28.5 Å². The Morgan fingerprint density at radius 3 is 2.27 bits per heavy atom. The van der Waals surface area contributed by atoms with E-state index in [1.54, 1.807) is 43.3 Å². The summed E-state index contributed by atoms with van der Waals surface area (Å²) in [5, 5.41) is 2.58. The molecule has 1 atom stereocenters. The van der Waals surface area contributed by atoms with Gasteiger partial charge in [-0.15, -0.1) is 0 Å². The van der Waals surface area contributed by atoms with Crippen LogP contribution >= 0.6 is 0 Å². The second-order valence-electron chi connectivity index (χ2n) is 8.59. The highest BCUT2D eigenvalue weighted by atomic mass is 16.5. The number of nitrogens with one attached hydrogen (secondary N) is 1. The molecule has 0 fully saturated rings. The van der Waals surface area contributed by atoms with Gasteiger partial charge in [0.05, 0.1) is 0 Å². The van der Waals surface area contributed by atoms with Gasteiger partial charge in [-0.25, -0.2) is 4.98 Å². The Morgan fingerprint density at radius 1 is 1.06 bits per heavy atom. The second-order valence-corrected chi connectivity index (χ2v) is 8.59. The lowest BCUT2D eigenvalue weighted by atomic mass is 10.0. The Labute approximate surface area is 192 Å². The Hall–Kier alpha value is -3.94. The van der Waals surface area contributed by atoms with E-state index in [2.05, 4.69) is 10.3 Å². The largest absolute Gasteiger partial charge is 0.488 e. The molecule has 8 heteroatoms. The van der Waals surface area contributed by atoms with Gasteiger partial charge in [0, 0.05) is 18.9 Å². The number of hydrogen-bond donors (Lipinski definition) is 2. The highest BCUT2D eigenvalue weighted by molar-refractivity contribution is 6.38. The number of carbonyl (C=O) groups excluding carboxylic acids is 3. The number of ether oxygens (including phenoxy) is 1. The molecular weight excluding hydrogens is 422 g/mol. The summed E-state index contributed by atoms with van der Waals surface area (Å²) in [4.78, 5) is 41.4. The summed E-state index contributed by atoms with van der Waals surface area (Å²) in [6.45, 7) is 7.43. The molecule has 2 amide bonds. The fourth-order valence-electron chi connectivity index (χ4n) is 3.26. The van der Waals surface area contributed by atoms with E-state index in [1.807, 2.05) is 39.0 Å². The van der Waals surface area contributed by atoms with Crippen LogP contribution in [-0.4, -0.2) is 34.2 Å². The van der Waals surface area contributed by atoms with Crippen LogP contribution in [0.15, 0.2) is 59.0 Å². The summed E-state index contributed by atoms with van der Waals surface area (Å²) >= 11 is 0. The van der Waals surface area contributed by atoms with E-state index >= 15 is 0 Å². The molecule has 8 nitrogen and oxygen atoms in total. The predicted molar refractivity (Wildman–Crippen MR) is 123 cm³/mol. The van der Waals surface area contributed by atoms with Crippen LogP contribution in [0.25, 0.3) is 11.3 Å². The van der Waals surface area contributed by atoms with Gasteiger partial charge in [0.2, 0.25) is 11.5 Å². The number of carbonyl (C=O) groups is 3. The first-order valence-electron chi connectivity index (χ1n) is 10.5. The van der Waals surface area contributed by atoms with Gasteiger partial charge in [-0.05, 0) is 38.5 Å². The van der Waals surface area contributed by atoms with Gasteiger partial charge in [0.1, 0.15) is 23.1 Å². The van der Waals surface area contributed by atoms with Gasteiger partial charge in [-0.3, -0.25) is 14.4 Å². The number of Topliss-reactive ketones (excluding diaryl/α,β-unsaturated/α-hetero) is 1. The zero-order valence-electron chi connectivity index (χ0n) is 19.0. The van der Waals surface area contributed by atoms with Crippen LogP contribution in [0.2, 0.25) is 0 Å². The number of nitrogens with two attached hydrogens (primary N) is 1. The van der Waals surface area contributed by atoms with Gasteiger partial charge in [-0.1, -0.05) is 42.5 Å². The molecule has 0 aliphatic carbocycles. The maximum atomic E-state index is 13.0. The van der Waals surface area contributed by atoms with Crippen molar-refractivity contribution in [1.29, 1.82) is 0 Å². The summed E-state index contributed by atoms with van der Waals surface area (Å²) in [6.07, 6.45) is 0.0666. The number of benzene rings is 2. The molecule has 1 aromatic heterocycles. The van der Waals surface area contributed by atoms with Crippen LogP contribution in [0.4, 0.5) is 0 Å². The predicted octanol–water partition coefficient (Wildman–Crippen LogP) is 3.22. The topological polar surface area (TPSA) is 125 Å². The number of hydrogen-bond acceptors (Lipinski definition) is 6. The summed E-state index contributed by atoms with van der Waals surface area (Å²) < 4.78 is 11.3. The fraction of sp³-hybridized carbons (Fsp3) is 0.280. The molecule has 3 N–H and O–H groups in total. The maximum absolute atomic E-state index is 13.0. The molecular formula is C25H27N3O5. The summed E-state index contributed by atoms with van der Waals surface area (Å²) in [5.74, 6) is -1.79. The van der Waals surface area contributed by atoms with Crippen LogP contribution in [0.5, 0.6) is 5.75 Å². The van der Waals surface area contributed by atoms with Gasteiger partial charge >= 0.3 is 0 Å². The molecule has 0 radical (unpaired) electrons. The van der Waals surface area contributed by atoms with Crippen molar-refractivity contribution in [1.82, 2.24) is 10.3 Å². The molecule has 0 unspecified atom stereocenters.